The highest BCUT2D eigenvalue weighted by atomic mass is 14.8. The molecule has 0 saturated heterocycles. The maximum Gasteiger partial charge on any atom is 0.0672 e. The van der Waals surface area contributed by atoms with E-state index in [9.17, 15) is 0 Å². The molecule has 0 spiro atoms. The fourth-order valence-electron chi connectivity index (χ4n) is 9.19. The van der Waals surface area contributed by atoms with Gasteiger partial charge in [-0.2, -0.15) is 0 Å². The Bertz CT molecular complexity index is 2910. The minimum Gasteiger partial charge on any atom is -0.252 e. The maximum absolute atomic E-state index is 5.22. The van der Waals surface area contributed by atoms with Crippen LogP contribution in [0.2, 0.25) is 0 Å². The molecule has 1 heterocycles. The molecule has 2 aliphatic rings. The lowest BCUT2D eigenvalue weighted by molar-refractivity contribution is 0.776. The highest BCUT2D eigenvalue weighted by molar-refractivity contribution is 6.22. The first-order chi connectivity index (χ1) is 26.3. The number of nitrogens with zero attached hydrogens (tertiary/aromatic N) is 1. The van der Waals surface area contributed by atoms with E-state index in [-0.39, 0.29) is 0 Å². The van der Waals surface area contributed by atoms with Gasteiger partial charge in [-0.05, 0) is 125 Å². The molecule has 0 aromatic heterocycles. The van der Waals surface area contributed by atoms with Crippen molar-refractivity contribution in [3.63, 3.8) is 0 Å². The Balaban J connectivity index is 1.07. The van der Waals surface area contributed by atoms with Crippen LogP contribution in [0.3, 0.4) is 0 Å². The number of para-hydroxylation sites is 1. The number of aliphatic imine (C=N–C) groups is 1. The first-order valence-electron chi connectivity index (χ1n) is 18.7. The summed E-state index contributed by atoms with van der Waals surface area (Å²) in [7, 11) is 0. The van der Waals surface area contributed by atoms with E-state index < -0.39 is 0 Å². The second-order valence-electron chi connectivity index (χ2n) is 14.5. The molecule has 9 aromatic rings. The highest BCUT2D eigenvalue weighted by Gasteiger charge is 2.31. The third-order valence-electron chi connectivity index (χ3n) is 11.6. The van der Waals surface area contributed by atoms with Crippen molar-refractivity contribution < 1.29 is 0 Å². The lowest BCUT2D eigenvalue weighted by Crippen LogP contribution is -2.15. The number of hydrogen-bond acceptors (Lipinski definition) is 1. The number of rotatable bonds is 3. The largest absolute Gasteiger partial charge is 0.252 e. The van der Waals surface area contributed by atoms with E-state index in [1.807, 2.05) is 0 Å². The van der Waals surface area contributed by atoms with E-state index in [0.717, 1.165) is 18.5 Å². The van der Waals surface area contributed by atoms with Crippen LogP contribution in [0.4, 0.5) is 5.69 Å². The van der Waals surface area contributed by atoms with Crippen molar-refractivity contribution in [2.45, 2.75) is 18.8 Å². The van der Waals surface area contributed by atoms with Crippen molar-refractivity contribution in [3.8, 4) is 44.5 Å². The molecular formula is C52H35N. The van der Waals surface area contributed by atoms with Crippen LogP contribution in [0.15, 0.2) is 187 Å². The van der Waals surface area contributed by atoms with Gasteiger partial charge in [-0.1, -0.05) is 158 Å². The summed E-state index contributed by atoms with van der Waals surface area (Å²) in [5.41, 5.74) is 16.5. The second kappa shape index (κ2) is 12.0. The quantitative estimate of drug-likeness (QED) is 0.166. The van der Waals surface area contributed by atoms with Crippen molar-refractivity contribution in [1.29, 1.82) is 0 Å². The summed E-state index contributed by atoms with van der Waals surface area (Å²) in [4.78, 5) is 5.22. The number of hydrogen-bond donors (Lipinski definition) is 0. The molecule has 0 bridgehead atoms. The van der Waals surface area contributed by atoms with Crippen molar-refractivity contribution in [1.82, 2.24) is 0 Å². The number of fused-ring (bicyclic) bond motifs is 10. The summed E-state index contributed by atoms with van der Waals surface area (Å²) >= 11 is 0. The molecule has 1 aliphatic heterocycles. The molecule has 0 fully saturated rings. The van der Waals surface area contributed by atoms with Gasteiger partial charge < -0.3 is 0 Å². The molecule has 11 rings (SSSR count). The number of aryl methyl sites for hydroxylation is 1. The molecule has 1 nitrogen and oxygen atoms in total. The second-order valence-corrected chi connectivity index (χ2v) is 14.5. The van der Waals surface area contributed by atoms with Gasteiger partial charge >= 0.3 is 0 Å². The molecule has 1 unspecified atom stereocenters. The summed E-state index contributed by atoms with van der Waals surface area (Å²) in [5, 5.41) is 7.61. The lowest BCUT2D eigenvalue weighted by Gasteiger charge is -2.23. The summed E-state index contributed by atoms with van der Waals surface area (Å²) in [6, 6.07) is 67.3. The van der Waals surface area contributed by atoms with Crippen LogP contribution in [-0.2, 0) is 6.42 Å². The van der Waals surface area contributed by atoms with Gasteiger partial charge in [0.1, 0.15) is 0 Å². The third-order valence-corrected chi connectivity index (χ3v) is 11.6. The molecule has 0 amide bonds. The van der Waals surface area contributed by atoms with E-state index in [0.29, 0.717) is 5.92 Å². The minimum atomic E-state index is 0.328. The Morgan fingerprint density at radius 2 is 0.981 bits per heavy atom. The van der Waals surface area contributed by atoms with Crippen molar-refractivity contribution in [2.24, 2.45) is 4.99 Å². The fourth-order valence-corrected chi connectivity index (χ4v) is 9.19. The van der Waals surface area contributed by atoms with Gasteiger partial charge in [0, 0.05) is 11.5 Å². The molecule has 9 aromatic carbocycles. The van der Waals surface area contributed by atoms with Crippen molar-refractivity contribution in [2.75, 3.05) is 0 Å². The van der Waals surface area contributed by atoms with E-state index in [1.54, 1.807) is 0 Å². The molecule has 248 valence electrons. The monoisotopic (exact) mass is 673 g/mol. The standard InChI is InChI=1S/C52H35N/c1-2-13-35-30-39(27-24-33(35)12-1)51-44-20-6-4-18-42(44)50(43-19-5-7-21-45(43)51)38-15-11-14-36(31-38)37-26-25-34-28-29-47-41-17-9-10-23-49(41)53-52(47)46-22-8-3-16-40(46)48(34)32-37/h1-27,30-32,47H,28-29H2. The zero-order valence-corrected chi connectivity index (χ0v) is 29.3. The molecule has 0 saturated carbocycles. The summed E-state index contributed by atoms with van der Waals surface area (Å²) in [6.45, 7) is 0. The lowest BCUT2D eigenvalue weighted by atomic mass is 9.79. The molecular weight excluding hydrogens is 639 g/mol. The first kappa shape index (κ1) is 30.1. The van der Waals surface area contributed by atoms with Crippen LogP contribution in [0.1, 0.15) is 29.0 Å². The average Bonchev–Trinajstić information content (AvgIpc) is 3.59. The van der Waals surface area contributed by atoms with Crippen LogP contribution < -0.4 is 0 Å². The SMILES string of the molecule is c1cc(-c2ccc3c(c2)-c2ccccc2C2=Nc4ccccc4C2CC3)cc(-c2c3ccccc3c(-c3ccc4ccccc4c3)c3ccccc23)c1. The van der Waals surface area contributed by atoms with E-state index >= 15 is 0 Å². The fraction of sp³-hybridized carbons (Fsp3) is 0.0577. The molecule has 0 N–H and O–H groups in total. The van der Waals surface area contributed by atoms with Gasteiger partial charge in [-0.25, -0.2) is 0 Å². The van der Waals surface area contributed by atoms with Crippen LogP contribution in [-0.4, -0.2) is 5.71 Å². The maximum atomic E-state index is 5.22. The Kier molecular flexibility index (Phi) is 6.82. The van der Waals surface area contributed by atoms with Crippen LogP contribution in [0.25, 0.3) is 76.8 Å². The van der Waals surface area contributed by atoms with Crippen LogP contribution in [0.5, 0.6) is 0 Å². The molecule has 1 heteroatoms. The number of benzene rings is 9. The summed E-state index contributed by atoms with van der Waals surface area (Å²) in [6.07, 6.45) is 2.07. The van der Waals surface area contributed by atoms with E-state index in [2.05, 4.69) is 182 Å². The van der Waals surface area contributed by atoms with Gasteiger partial charge in [-0.15, -0.1) is 0 Å². The van der Waals surface area contributed by atoms with Crippen LogP contribution >= 0.6 is 0 Å². The van der Waals surface area contributed by atoms with E-state index in [4.69, 9.17) is 4.99 Å². The molecule has 53 heavy (non-hydrogen) atoms. The van der Waals surface area contributed by atoms with Gasteiger partial charge in [0.2, 0.25) is 0 Å². The highest BCUT2D eigenvalue weighted by Crippen LogP contribution is 2.47. The third kappa shape index (κ3) is 4.81. The topological polar surface area (TPSA) is 12.4 Å². The normalized spacial score (nSPS) is 14.6. The average molecular weight is 674 g/mol. The zero-order chi connectivity index (χ0) is 34.9. The van der Waals surface area contributed by atoms with Gasteiger partial charge in [-0.3, -0.25) is 4.99 Å². The minimum absolute atomic E-state index is 0.328. The predicted octanol–water partition coefficient (Wildman–Crippen LogP) is 14.0. The first-order valence-corrected chi connectivity index (χ1v) is 18.7. The Hall–Kier alpha value is -6.57. The van der Waals surface area contributed by atoms with E-state index in [1.165, 1.54) is 99.2 Å². The summed E-state index contributed by atoms with van der Waals surface area (Å²) in [5.74, 6) is 0.328. The summed E-state index contributed by atoms with van der Waals surface area (Å²) < 4.78 is 0. The van der Waals surface area contributed by atoms with Gasteiger partial charge in [0.25, 0.3) is 0 Å². The predicted molar refractivity (Wildman–Crippen MR) is 224 cm³/mol. The van der Waals surface area contributed by atoms with Crippen molar-refractivity contribution >= 4 is 43.7 Å². The Labute approximate surface area is 309 Å². The van der Waals surface area contributed by atoms with Gasteiger partial charge in [0.05, 0.1) is 11.4 Å². The van der Waals surface area contributed by atoms with Crippen LogP contribution in [0, 0.1) is 0 Å². The molecule has 1 aliphatic carbocycles. The Morgan fingerprint density at radius 1 is 0.396 bits per heavy atom. The molecule has 0 radical (unpaired) electrons. The zero-order valence-electron chi connectivity index (χ0n) is 29.3. The van der Waals surface area contributed by atoms with Gasteiger partial charge in [0.15, 0.2) is 0 Å². The smallest absolute Gasteiger partial charge is 0.0672 e. The molecule has 1 atom stereocenters. The van der Waals surface area contributed by atoms with Crippen molar-refractivity contribution in [3.05, 3.63) is 199 Å². The Morgan fingerprint density at radius 3 is 1.75 bits per heavy atom.